The van der Waals surface area contributed by atoms with Gasteiger partial charge in [-0.2, -0.15) is 0 Å². The predicted octanol–water partition coefficient (Wildman–Crippen LogP) is 6.53. The molecule has 6 nitrogen and oxygen atoms in total. The van der Waals surface area contributed by atoms with Crippen molar-refractivity contribution in [3.05, 3.63) is 101 Å². The van der Waals surface area contributed by atoms with E-state index in [1.165, 1.54) is 42.5 Å². The number of allylic oxidation sites excluding steroid dienone is 1. The predicted molar refractivity (Wildman–Crippen MR) is 153 cm³/mol. The Morgan fingerprint density at radius 1 is 0.875 bits per heavy atom. The first kappa shape index (κ1) is 28.7. The number of fused-ring (bicyclic) bond motifs is 1. The number of nitrogens with one attached hydrogen (secondary N) is 2. The topological polar surface area (TPSA) is 101 Å². The second kappa shape index (κ2) is 13.6. The first-order valence-electron chi connectivity index (χ1n) is 13.5. The van der Waals surface area contributed by atoms with Gasteiger partial charge >= 0.3 is 0 Å². The number of hydrogen-bond acceptors (Lipinski definition) is 4. The van der Waals surface area contributed by atoms with Crippen LogP contribution in [0.1, 0.15) is 78.0 Å². The maximum absolute atomic E-state index is 13.1. The van der Waals surface area contributed by atoms with Gasteiger partial charge < -0.3 is 16.4 Å². The Labute approximate surface area is 232 Å². The number of nitrogens with two attached hydrogens (primary N) is 1. The van der Waals surface area contributed by atoms with E-state index in [9.17, 15) is 23.2 Å². The zero-order valence-electron chi connectivity index (χ0n) is 22.2. The molecule has 0 fully saturated rings. The van der Waals surface area contributed by atoms with Gasteiger partial charge in [0, 0.05) is 18.4 Å². The Morgan fingerprint density at radius 2 is 1.60 bits per heavy atom. The van der Waals surface area contributed by atoms with Crippen molar-refractivity contribution in [1.29, 1.82) is 0 Å². The highest BCUT2D eigenvalue weighted by Crippen LogP contribution is 2.32. The summed E-state index contributed by atoms with van der Waals surface area (Å²) in [5, 5.41) is 5.72. The fourth-order valence-corrected chi connectivity index (χ4v) is 4.80. The van der Waals surface area contributed by atoms with Gasteiger partial charge in [0.1, 0.15) is 11.6 Å². The quantitative estimate of drug-likeness (QED) is 0.137. The van der Waals surface area contributed by atoms with Gasteiger partial charge in [-0.05, 0) is 90.9 Å². The van der Waals surface area contributed by atoms with Gasteiger partial charge in [-0.3, -0.25) is 14.4 Å². The maximum Gasteiger partial charge on any atom is 0.251 e. The molecule has 8 heteroatoms. The number of benzene rings is 3. The molecule has 1 atom stereocenters. The number of carbonyl (C=O) groups excluding carboxylic acids is 3. The largest absolute Gasteiger partial charge is 0.397 e. The molecule has 1 aliphatic rings. The van der Waals surface area contributed by atoms with Crippen LogP contribution < -0.4 is 16.4 Å². The van der Waals surface area contributed by atoms with Crippen LogP contribution in [0.5, 0.6) is 0 Å². The van der Waals surface area contributed by atoms with Gasteiger partial charge in [0.2, 0.25) is 5.91 Å². The van der Waals surface area contributed by atoms with Crippen molar-refractivity contribution in [2.75, 3.05) is 11.1 Å². The number of anilines is 2. The van der Waals surface area contributed by atoms with E-state index in [-0.39, 0.29) is 35.1 Å². The molecule has 40 heavy (non-hydrogen) atoms. The highest BCUT2D eigenvalue weighted by molar-refractivity contribution is 5.95. The highest BCUT2D eigenvalue weighted by atomic mass is 19.1. The molecule has 0 radical (unpaired) electrons. The average Bonchev–Trinajstić information content (AvgIpc) is 3.33. The minimum absolute atomic E-state index is 0.0504. The fourth-order valence-electron chi connectivity index (χ4n) is 4.80. The Bertz CT molecular complexity index is 1400. The Kier molecular flexibility index (Phi) is 9.78. The van der Waals surface area contributed by atoms with Crippen LogP contribution in [0.4, 0.5) is 20.2 Å². The summed E-state index contributed by atoms with van der Waals surface area (Å²) in [5.74, 6) is -1.18. The first-order valence-corrected chi connectivity index (χ1v) is 13.5. The average molecular weight is 546 g/mol. The van der Waals surface area contributed by atoms with Crippen molar-refractivity contribution < 1.29 is 23.2 Å². The minimum Gasteiger partial charge on any atom is -0.397 e. The van der Waals surface area contributed by atoms with Gasteiger partial charge in [0.25, 0.3) is 5.91 Å². The maximum atomic E-state index is 13.1. The molecule has 2 amide bonds. The van der Waals surface area contributed by atoms with E-state index >= 15 is 0 Å². The van der Waals surface area contributed by atoms with Crippen LogP contribution in [-0.2, 0) is 16.0 Å². The minimum atomic E-state index is -0.451. The molecular weight excluding hydrogens is 512 g/mol. The summed E-state index contributed by atoms with van der Waals surface area (Å²) in [7, 11) is 0. The molecule has 0 bridgehead atoms. The fraction of sp³-hybridized carbons (Fsp3) is 0.281. The lowest BCUT2D eigenvalue weighted by Gasteiger charge is -2.14. The normalized spacial score (nSPS) is 14.2. The van der Waals surface area contributed by atoms with E-state index in [4.69, 9.17) is 5.73 Å². The Morgan fingerprint density at radius 3 is 2.35 bits per heavy atom. The van der Waals surface area contributed by atoms with Crippen LogP contribution in [0.3, 0.4) is 0 Å². The molecule has 0 heterocycles. The van der Waals surface area contributed by atoms with E-state index in [1.54, 1.807) is 6.08 Å². The van der Waals surface area contributed by atoms with E-state index in [0.29, 0.717) is 30.5 Å². The Balaban J connectivity index is 1.15. The molecule has 4 rings (SSSR count). The molecule has 1 aliphatic carbocycles. The van der Waals surface area contributed by atoms with Gasteiger partial charge in [-0.25, -0.2) is 8.78 Å². The van der Waals surface area contributed by atoms with Gasteiger partial charge in [-0.15, -0.1) is 0 Å². The highest BCUT2D eigenvalue weighted by Gasteiger charge is 2.24. The number of hydrogen-bond donors (Lipinski definition) is 3. The second-order valence-corrected chi connectivity index (χ2v) is 10.0. The van der Waals surface area contributed by atoms with Crippen molar-refractivity contribution in [3.63, 3.8) is 0 Å². The summed E-state index contributed by atoms with van der Waals surface area (Å²) < 4.78 is 26.2. The molecule has 0 aliphatic heterocycles. The van der Waals surface area contributed by atoms with Gasteiger partial charge in [0.15, 0.2) is 5.78 Å². The molecule has 3 aromatic carbocycles. The smallest absolute Gasteiger partial charge is 0.251 e. The zero-order valence-corrected chi connectivity index (χ0v) is 22.2. The van der Waals surface area contributed by atoms with E-state index in [1.807, 2.05) is 24.3 Å². The molecule has 0 aromatic heterocycles. The van der Waals surface area contributed by atoms with Crippen LogP contribution in [0.2, 0.25) is 0 Å². The molecule has 4 N–H and O–H groups in total. The van der Waals surface area contributed by atoms with Crippen LogP contribution in [0.25, 0.3) is 6.08 Å². The van der Waals surface area contributed by atoms with Crippen molar-refractivity contribution >= 4 is 35.0 Å². The van der Waals surface area contributed by atoms with Crippen LogP contribution in [0.15, 0.2) is 66.7 Å². The molecule has 1 unspecified atom stereocenters. The van der Waals surface area contributed by atoms with E-state index < -0.39 is 5.82 Å². The summed E-state index contributed by atoms with van der Waals surface area (Å²) in [4.78, 5) is 36.9. The van der Waals surface area contributed by atoms with Crippen molar-refractivity contribution in [2.45, 2.75) is 57.4 Å². The number of nitrogen functional groups attached to an aromatic ring is 1. The standard InChI is InChI=1S/C32H33F2N3O3/c33-24-12-9-22(10-13-24)32(40)37-29-17-11-23-19-21(8-16-27(23)29)7-15-26(38)5-3-1-2-4-6-31(39)36-30-18-14-25(34)20-28(30)35/h7-10,12-16,18-20,29H,1-6,11,17,35H2,(H,36,39)(H,37,40)/b15-7+. The number of ketones is 1. The lowest BCUT2D eigenvalue weighted by atomic mass is 10.0. The summed E-state index contributed by atoms with van der Waals surface area (Å²) in [6, 6.07) is 15.2. The van der Waals surface area contributed by atoms with E-state index in [2.05, 4.69) is 10.6 Å². The van der Waals surface area contributed by atoms with Crippen LogP contribution >= 0.6 is 0 Å². The lowest BCUT2D eigenvalue weighted by molar-refractivity contribution is -0.116. The zero-order chi connectivity index (χ0) is 28.5. The van der Waals surface area contributed by atoms with Crippen LogP contribution in [-0.4, -0.2) is 17.6 Å². The SMILES string of the molecule is Nc1cc(F)ccc1NC(=O)CCCCCCC(=O)/C=C/c1ccc2c(c1)CCC2NC(=O)c1ccc(F)cc1. The summed E-state index contributed by atoms with van der Waals surface area (Å²) in [6.45, 7) is 0. The van der Waals surface area contributed by atoms with Crippen molar-refractivity contribution in [3.8, 4) is 0 Å². The number of rotatable bonds is 12. The second-order valence-electron chi connectivity index (χ2n) is 10.0. The van der Waals surface area contributed by atoms with Gasteiger partial charge in [0.05, 0.1) is 17.4 Å². The third-order valence-electron chi connectivity index (χ3n) is 6.98. The van der Waals surface area contributed by atoms with E-state index in [0.717, 1.165) is 48.8 Å². The number of halogens is 2. The summed E-state index contributed by atoms with van der Waals surface area (Å²) >= 11 is 0. The molecule has 208 valence electrons. The summed E-state index contributed by atoms with van der Waals surface area (Å²) in [5.41, 5.74) is 9.87. The van der Waals surface area contributed by atoms with Gasteiger partial charge in [-0.1, -0.05) is 37.1 Å². The Hall–Kier alpha value is -4.33. The number of unbranched alkanes of at least 4 members (excludes halogenated alkanes) is 3. The molecule has 0 saturated carbocycles. The van der Waals surface area contributed by atoms with Crippen molar-refractivity contribution in [2.24, 2.45) is 0 Å². The third kappa shape index (κ3) is 8.09. The molecule has 0 spiro atoms. The number of amides is 2. The first-order chi connectivity index (χ1) is 19.3. The molecule has 3 aromatic rings. The van der Waals surface area contributed by atoms with Crippen LogP contribution in [0, 0.1) is 11.6 Å². The monoisotopic (exact) mass is 545 g/mol. The number of aryl methyl sites for hydroxylation is 1. The molecular formula is C32H33F2N3O3. The number of carbonyl (C=O) groups is 3. The lowest BCUT2D eigenvalue weighted by Crippen LogP contribution is -2.27. The third-order valence-corrected chi connectivity index (χ3v) is 6.98. The van der Waals surface area contributed by atoms with Crippen molar-refractivity contribution in [1.82, 2.24) is 5.32 Å². The summed E-state index contributed by atoms with van der Waals surface area (Å²) in [6.07, 6.45) is 8.92. The molecule has 0 saturated heterocycles.